The highest BCUT2D eigenvalue weighted by Crippen LogP contribution is 2.34. The second-order valence-corrected chi connectivity index (χ2v) is 16.0. The van der Waals surface area contributed by atoms with Gasteiger partial charge in [0, 0.05) is 70.8 Å². The monoisotopic (exact) mass is 873 g/mol. The molecule has 7 saturated heterocycles. The highest BCUT2D eigenvalue weighted by atomic mass is 32.1. The molecular weight excluding hydrogens is 811 g/mol. The van der Waals surface area contributed by atoms with Crippen LogP contribution in [-0.2, 0) is 23.7 Å². The summed E-state index contributed by atoms with van der Waals surface area (Å²) in [5, 5.41) is 101. The molecule has 7 aliphatic rings. The molecule has 0 aromatic heterocycles. The van der Waals surface area contributed by atoms with Crippen molar-refractivity contribution in [3.63, 3.8) is 0 Å². The van der Waals surface area contributed by atoms with Crippen LogP contribution in [0.1, 0.15) is 39.0 Å². The molecule has 15 N–H and O–H groups in total. The standard InChI is InChI=1S/C34H63N7O13S3/c1-2-5-17-19(51-29(49)25(46)22(17)43)14-39-33(56)37-8-11-41(10-7-36-32(35)55)12-9-38-34(57)40-15-20-18-6-3-4-13-50-30-27(48)24(45)28(21(16-42)53-30)54-31(52-20)26(47)23(18)44/h17-31,42-49H,2-16H2,1H3,(H3,35,36,55)(H2,37,39,56)(H2,38,40,57). The predicted molar refractivity (Wildman–Crippen MR) is 216 cm³/mol. The molecule has 0 aromatic rings. The van der Waals surface area contributed by atoms with Gasteiger partial charge in [0.15, 0.2) is 34.2 Å². The molecule has 0 aromatic carbocycles. The zero-order valence-corrected chi connectivity index (χ0v) is 34.6. The molecule has 7 rings (SSSR count). The molecule has 0 spiro atoms. The molecule has 7 fully saturated rings. The van der Waals surface area contributed by atoms with Crippen LogP contribution in [0.5, 0.6) is 0 Å². The van der Waals surface area contributed by atoms with Crippen molar-refractivity contribution < 1.29 is 64.5 Å². The number of thiocarbonyl (C=S) groups is 3. The quantitative estimate of drug-likeness (QED) is 0.0646. The Kier molecular flexibility index (Phi) is 20.4. The topological polar surface area (TPSA) is 297 Å². The van der Waals surface area contributed by atoms with E-state index < -0.39 is 92.4 Å². The Hall–Kier alpha value is -1.49. The number of aliphatic hydroxyl groups excluding tert-OH is 8. The lowest BCUT2D eigenvalue weighted by Crippen LogP contribution is -2.64. The van der Waals surface area contributed by atoms with Gasteiger partial charge in [0.1, 0.15) is 36.6 Å². The molecule has 15 unspecified atom stereocenters. The minimum absolute atomic E-state index is 0.147. The van der Waals surface area contributed by atoms with E-state index in [0.717, 1.165) is 6.42 Å². The van der Waals surface area contributed by atoms with Crippen LogP contribution < -0.4 is 32.3 Å². The van der Waals surface area contributed by atoms with Gasteiger partial charge in [0.2, 0.25) is 0 Å². The Morgan fingerprint density at radius 3 is 1.88 bits per heavy atom. The summed E-state index contributed by atoms with van der Waals surface area (Å²) < 4.78 is 28.9. The summed E-state index contributed by atoms with van der Waals surface area (Å²) in [6.07, 6.45) is -12.9. The van der Waals surface area contributed by atoms with E-state index in [0.29, 0.717) is 75.2 Å². The Morgan fingerprint density at radius 2 is 1.26 bits per heavy atom. The molecule has 0 aliphatic carbocycles. The van der Waals surface area contributed by atoms with Gasteiger partial charge < -0.3 is 96.9 Å². The lowest BCUT2D eigenvalue weighted by molar-refractivity contribution is -0.355. The van der Waals surface area contributed by atoms with Crippen molar-refractivity contribution in [1.82, 2.24) is 31.5 Å². The minimum Gasteiger partial charge on any atom is -0.394 e. The van der Waals surface area contributed by atoms with Gasteiger partial charge in [0.05, 0.1) is 31.0 Å². The summed E-state index contributed by atoms with van der Waals surface area (Å²) in [5.74, 6) is -0.870. The number of nitrogens with zero attached hydrogens (tertiary/aromatic N) is 1. The summed E-state index contributed by atoms with van der Waals surface area (Å²) in [5.41, 5.74) is 5.62. The van der Waals surface area contributed by atoms with Gasteiger partial charge in [-0.05, 0) is 55.9 Å². The Balaban J connectivity index is 1.26. The van der Waals surface area contributed by atoms with E-state index in [-0.39, 0.29) is 30.7 Å². The first-order valence-electron chi connectivity index (χ1n) is 19.6. The third kappa shape index (κ3) is 14.0. The summed E-state index contributed by atoms with van der Waals surface area (Å²) in [6.45, 7) is 5.12. The van der Waals surface area contributed by atoms with Crippen molar-refractivity contribution in [3.05, 3.63) is 0 Å². The number of rotatable bonds is 16. The smallest absolute Gasteiger partial charge is 0.186 e. The van der Waals surface area contributed by atoms with E-state index in [9.17, 15) is 40.9 Å². The van der Waals surface area contributed by atoms with Crippen molar-refractivity contribution in [2.75, 3.05) is 65.6 Å². The normalized spacial score (nSPS) is 37.3. The van der Waals surface area contributed by atoms with E-state index >= 15 is 0 Å². The lowest BCUT2D eigenvalue weighted by atomic mass is 9.84. The predicted octanol–water partition coefficient (Wildman–Crippen LogP) is -5.01. The van der Waals surface area contributed by atoms with E-state index in [2.05, 4.69) is 31.5 Å². The third-order valence-corrected chi connectivity index (χ3v) is 11.5. The maximum absolute atomic E-state index is 11.2. The summed E-state index contributed by atoms with van der Waals surface area (Å²) >= 11 is 16.0. The van der Waals surface area contributed by atoms with Gasteiger partial charge in [-0.1, -0.05) is 19.8 Å². The van der Waals surface area contributed by atoms with Crippen LogP contribution in [0.2, 0.25) is 0 Å². The zero-order chi connectivity index (χ0) is 41.6. The van der Waals surface area contributed by atoms with Crippen molar-refractivity contribution in [2.24, 2.45) is 17.6 Å². The first-order valence-corrected chi connectivity index (χ1v) is 20.9. The van der Waals surface area contributed by atoms with E-state index in [4.69, 9.17) is 66.1 Å². The molecule has 7 aliphatic heterocycles. The molecule has 23 heteroatoms. The molecule has 0 saturated carbocycles. The van der Waals surface area contributed by atoms with Crippen molar-refractivity contribution in [3.8, 4) is 0 Å². The Bertz CT molecular complexity index is 1260. The number of hydrogen-bond donors (Lipinski definition) is 14. The van der Waals surface area contributed by atoms with Gasteiger partial charge in [-0.3, -0.25) is 4.90 Å². The second kappa shape index (κ2) is 24.1. The van der Waals surface area contributed by atoms with Gasteiger partial charge in [-0.15, -0.1) is 0 Å². The highest BCUT2D eigenvalue weighted by Gasteiger charge is 2.51. The molecule has 0 amide bonds. The van der Waals surface area contributed by atoms with E-state index in [1.54, 1.807) is 0 Å². The van der Waals surface area contributed by atoms with Crippen LogP contribution in [0, 0.1) is 11.8 Å². The number of aliphatic hydroxyl groups is 8. The van der Waals surface area contributed by atoms with Crippen LogP contribution in [0.4, 0.5) is 0 Å². The van der Waals surface area contributed by atoms with Crippen LogP contribution in [-0.4, -0.2) is 207 Å². The van der Waals surface area contributed by atoms with Crippen LogP contribution in [0.25, 0.3) is 0 Å². The molecule has 4 bridgehead atoms. The van der Waals surface area contributed by atoms with Crippen LogP contribution in [0.3, 0.4) is 0 Å². The van der Waals surface area contributed by atoms with Gasteiger partial charge in [0.25, 0.3) is 0 Å². The average molecular weight is 874 g/mol. The van der Waals surface area contributed by atoms with Crippen molar-refractivity contribution in [2.45, 2.75) is 119 Å². The molecule has 330 valence electrons. The second-order valence-electron chi connectivity index (χ2n) is 14.8. The number of hydrogen-bond acceptors (Lipinski definition) is 17. The maximum atomic E-state index is 11.2. The summed E-state index contributed by atoms with van der Waals surface area (Å²) in [7, 11) is 0. The first-order chi connectivity index (χ1) is 27.2. The number of ether oxygens (including phenoxy) is 5. The molecular formula is C34H63N7O13S3. The van der Waals surface area contributed by atoms with Crippen LogP contribution >= 0.6 is 36.7 Å². The van der Waals surface area contributed by atoms with Gasteiger partial charge >= 0.3 is 0 Å². The fourth-order valence-corrected chi connectivity index (χ4v) is 8.06. The maximum Gasteiger partial charge on any atom is 0.186 e. The Morgan fingerprint density at radius 1 is 0.667 bits per heavy atom. The van der Waals surface area contributed by atoms with Crippen molar-refractivity contribution >= 4 is 52.0 Å². The summed E-state index contributed by atoms with van der Waals surface area (Å²) in [4.78, 5) is 2.13. The fraction of sp³-hybridized carbons (Fsp3) is 0.912. The average Bonchev–Trinajstić information content (AvgIpc) is 3.18. The molecule has 15 atom stereocenters. The first kappa shape index (κ1) is 48.2. The number of nitrogens with two attached hydrogens (primary N) is 1. The fourth-order valence-electron chi connectivity index (χ4n) is 7.58. The van der Waals surface area contributed by atoms with Gasteiger partial charge in [-0.25, -0.2) is 0 Å². The van der Waals surface area contributed by atoms with Crippen LogP contribution in [0.15, 0.2) is 0 Å². The van der Waals surface area contributed by atoms with Gasteiger partial charge in [-0.2, -0.15) is 0 Å². The molecule has 57 heavy (non-hydrogen) atoms. The van der Waals surface area contributed by atoms with Crippen molar-refractivity contribution in [1.29, 1.82) is 0 Å². The van der Waals surface area contributed by atoms with E-state index in [1.807, 2.05) is 6.92 Å². The molecule has 7 heterocycles. The lowest BCUT2D eigenvalue weighted by Gasteiger charge is -2.47. The van der Waals surface area contributed by atoms with E-state index in [1.165, 1.54) is 0 Å². The minimum atomic E-state index is -1.53. The summed E-state index contributed by atoms with van der Waals surface area (Å²) in [6, 6.07) is 0. The molecule has 20 nitrogen and oxygen atoms in total. The zero-order valence-electron chi connectivity index (χ0n) is 32.1. The Labute approximate surface area is 349 Å². The third-order valence-electron chi connectivity index (χ3n) is 10.8. The highest BCUT2D eigenvalue weighted by molar-refractivity contribution is 7.80. The number of nitrogens with one attached hydrogen (secondary N) is 5. The SMILES string of the molecule is CCCC1C(CNC(=S)NCCN(CCNC(N)=S)CCNC(=S)NCC2OC3OC4C(CO)OC(OCCCCC2C(O)C3O)C(O)C4O)OC(O)C(O)C1O. The largest absolute Gasteiger partial charge is 0.394 e. The molecule has 0 radical (unpaired) electrons.